The van der Waals surface area contributed by atoms with Crippen molar-refractivity contribution in [3.63, 3.8) is 0 Å². The van der Waals surface area contributed by atoms with Crippen LogP contribution in [0.5, 0.6) is 0 Å². The Kier molecular flexibility index (Phi) is 5.67. The molecule has 0 aromatic carbocycles. The molecule has 0 radical (unpaired) electrons. The number of hydrogen-bond acceptors (Lipinski definition) is 3. The summed E-state index contributed by atoms with van der Waals surface area (Å²) < 4.78 is 0. The summed E-state index contributed by atoms with van der Waals surface area (Å²) in [5, 5.41) is 8.70. The molecule has 0 spiro atoms. The van der Waals surface area contributed by atoms with Gasteiger partial charge in [-0.2, -0.15) is 5.26 Å². The molecule has 1 aliphatic heterocycles. The summed E-state index contributed by atoms with van der Waals surface area (Å²) in [5.41, 5.74) is 0. The van der Waals surface area contributed by atoms with E-state index in [4.69, 9.17) is 5.26 Å². The van der Waals surface area contributed by atoms with Gasteiger partial charge in [0.25, 0.3) is 0 Å². The topological polar surface area (TPSA) is 30.3 Å². The van der Waals surface area contributed by atoms with Gasteiger partial charge in [-0.1, -0.05) is 0 Å². The summed E-state index contributed by atoms with van der Waals surface area (Å²) in [6.45, 7) is 7.80. The molecular formula is C12H23N3. The number of nitrogens with zero attached hydrogens (tertiary/aromatic N) is 3. The van der Waals surface area contributed by atoms with Crippen molar-refractivity contribution >= 4 is 0 Å². The van der Waals surface area contributed by atoms with Crippen molar-refractivity contribution in [2.24, 2.45) is 5.92 Å². The first kappa shape index (κ1) is 12.5. The fraction of sp³-hybridized carbons (Fsp3) is 0.917. The van der Waals surface area contributed by atoms with E-state index in [9.17, 15) is 0 Å². The monoisotopic (exact) mass is 209 g/mol. The second-order valence-corrected chi connectivity index (χ2v) is 4.69. The van der Waals surface area contributed by atoms with Gasteiger partial charge in [-0.25, -0.2) is 0 Å². The summed E-state index contributed by atoms with van der Waals surface area (Å²) in [6.07, 6.45) is 3.98. The van der Waals surface area contributed by atoms with E-state index in [1.165, 1.54) is 38.9 Å². The molecule has 1 rings (SSSR count). The highest BCUT2D eigenvalue weighted by atomic mass is 15.1. The van der Waals surface area contributed by atoms with Crippen molar-refractivity contribution in [1.29, 1.82) is 5.26 Å². The van der Waals surface area contributed by atoms with E-state index >= 15 is 0 Å². The van der Waals surface area contributed by atoms with Crippen LogP contribution in [0.2, 0.25) is 0 Å². The van der Waals surface area contributed by atoms with Crippen LogP contribution >= 0.6 is 0 Å². The first-order chi connectivity index (χ1) is 7.22. The van der Waals surface area contributed by atoms with Gasteiger partial charge in [0.2, 0.25) is 0 Å². The van der Waals surface area contributed by atoms with E-state index in [0.717, 1.165) is 13.1 Å². The third-order valence-corrected chi connectivity index (χ3v) is 3.02. The highest BCUT2D eigenvalue weighted by Gasteiger charge is 2.11. The molecule has 0 aliphatic carbocycles. The van der Waals surface area contributed by atoms with Gasteiger partial charge in [0.1, 0.15) is 0 Å². The maximum Gasteiger partial charge on any atom is 0.0666 e. The first-order valence-corrected chi connectivity index (χ1v) is 6.03. The number of likely N-dealkylation sites (tertiary alicyclic amines) is 1. The van der Waals surface area contributed by atoms with Crippen molar-refractivity contribution in [1.82, 2.24) is 9.80 Å². The van der Waals surface area contributed by atoms with E-state index < -0.39 is 0 Å². The summed E-state index contributed by atoms with van der Waals surface area (Å²) in [6, 6.07) is 2.28. The Bertz CT molecular complexity index is 203. The van der Waals surface area contributed by atoms with Crippen molar-refractivity contribution in [3.05, 3.63) is 0 Å². The molecule has 0 bridgehead atoms. The van der Waals surface area contributed by atoms with E-state index in [0.29, 0.717) is 0 Å². The molecule has 3 nitrogen and oxygen atoms in total. The molecule has 0 aromatic rings. The average Bonchev–Trinajstić information content (AvgIpc) is 2.70. The maximum atomic E-state index is 8.70. The van der Waals surface area contributed by atoms with Crippen LogP contribution in [0.25, 0.3) is 0 Å². The normalized spacial score (nSPS) is 19.3. The average molecular weight is 209 g/mol. The first-order valence-electron chi connectivity index (χ1n) is 6.03. The molecular weight excluding hydrogens is 186 g/mol. The van der Waals surface area contributed by atoms with Crippen LogP contribution in [0.3, 0.4) is 0 Å². The van der Waals surface area contributed by atoms with Crippen molar-refractivity contribution in [3.8, 4) is 6.07 Å². The lowest BCUT2D eigenvalue weighted by molar-refractivity contribution is 0.268. The number of rotatable bonds is 6. The maximum absolute atomic E-state index is 8.70. The largest absolute Gasteiger partial charge is 0.305 e. The van der Waals surface area contributed by atoms with Gasteiger partial charge in [-0.15, -0.1) is 0 Å². The molecule has 3 heteroatoms. The Morgan fingerprint density at radius 2 is 2.07 bits per heavy atom. The Hall–Kier alpha value is -0.590. The van der Waals surface area contributed by atoms with E-state index in [1.807, 2.05) is 6.92 Å². The predicted molar refractivity (Wildman–Crippen MR) is 62.6 cm³/mol. The van der Waals surface area contributed by atoms with Crippen molar-refractivity contribution < 1.29 is 0 Å². The molecule has 0 aromatic heterocycles. The fourth-order valence-corrected chi connectivity index (χ4v) is 2.17. The van der Waals surface area contributed by atoms with Gasteiger partial charge >= 0.3 is 0 Å². The van der Waals surface area contributed by atoms with Gasteiger partial charge in [-0.05, 0) is 59.4 Å². The van der Waals surface area contributed by atoms with Crippen molar-refractivity contribution in [2.75, 3.05) is 39.8 Å². The quantitative estimate of drug-likeness (QED) is 0.665. The molecule has 0 amide bonds. The van der Waals surface area contributed by atoms with Crippen LogP contribution in [-0.4, -0.2) is 49.6 Å². The number of hydrogen-bond donors (Lipinski definition) is 0. The lowest BCUT2D eigenvalue weighted by Gasteiger charge is -2.20. The standard InChI is InChI=1S/C12H23N3/c1-12(10-13)11-14(2)6-5-9-15-7-3-4-8-15/h12H,3-9,11H2,1-2H3. The van der Waals surface area contributed by atoms with Crippen LogP contribution in [0.15, 0.2) is 0 Å². The lowest BCUT2D eigenvalue weighted by atomic mass is 10.2. The highest BCUT2D eigenvalue weighted by Crippen LogP contribution is 2.07. The smallest absolute Gasteiger partial charge is 0.0666 e. The third-order valence-electron chi connectivity index (χ3n) is 3.02. The van der Waals surface area contributed by atoms with Gasteiger partial charge in [-0.3, -0.25) is 0 Å². The molecule has 1 aliphatic rings. The minimum atomic E-state index is 0.154. The van der Waals surface area contributed by atoms with Gasteiger partial charge in [0.05, 0.1) is 12.0 Å². The zero-order valence-corrected chi connectivity index (χ0v) is 10.1. The molecule has 1 fully saturated rings. The van der Waals surface area contributed by atoms with Crippen LogP contribution in [0, 0.1) is 17.2 Å². The molecule has 15 heavy (non-hydrogen) atoms. The second kappa shape index (κ2) is 6.81. The molecule has 0 N–H and O–H groups in total. The minimum absolute atomic E-state index is 0.154. The van der Waals surface area contributed by atoms with Crippen LogP contribution < -0.4 is 0 Å². The van der Waals surface area contributed by atoms with Crippen LogP contribution in [-0.2, 0) is 0 Å². The zero-order chi connectivity index (χ0) is 11.1. The highest BCUT2D eigenvalue weighted by molar-refractivity contribution is 4.80. The van der Waals surface area contributed by atoms with Gasteiger partial charge in [0.15, 0.2) is 0 Å². The van der Waals surface area contributed by atoms with Crippen LogP contribution in [0.4, 0.5) is 0 Å². The molecule has 1 atom stereocenters. The molecule has 0 saturated carbocycles. The summed E-state index contributed by atoms with van der Waals surface area (Å²) >= 11 is 0. The molecule has 86 valence electrons. The zero-order valence-electron chi connectivity index (χ0n) is 10.1. The fourth-order valence-electron chi connectivity index (χ4n) is 2.17. The summed E-state index contributed by atoms with van der Waals surface area (Å²) in [5.74, 6) is 0.154. The Labute approximate surface area is 93.7 Å². The van der Waals surface area contributed by atoms with E-state index in [-0.39, 0.29) is 5.92 Å². The van der Waals surface area contributed by atoms with Crippen molar-refractivity contribution in [2.45, 2.75) is 26.2 Å². The van der Waals surface area contributed by atoms with E-state index in [1.54, 1.807) is 0 Å². The van der Waals surface area contributed by atoms with Gasteiger partial charge < -0.3 is 9.80 Å². The molecule has 1 unspecified atom stereocenters. The van der Waals surface area contributed by atoms with E-state index in [2.05, 4.69) is 22.9 Å². The second-order valence-electron chi connectivity index (χ2n) is 4.69. The summed E-state index contributed by atoms with van der Waals surface area (Å²) in [4.78, 5) is 4.81. The molecule has 1 heterocycles. The Balaban J connectivity index is 2.01. The number of nitriles is 1. The summed E-state index contributed by atoms with van der Waals surface area (Å²) in [7, 11) is 2.11. The molecule has 1 saturated heterocycles. The Morgan fingerprint density at radius 1 is 1.40 bits per heavy atom. The van der Waals surface area contributed by atoms with Crippen LogP contribution in [0.1, 0.15) is 26.2 Å². The third kappa shape index (κ3) is 5.15. The predicted octanol–water partition coefficient (Wildman–Crippen LogP) is 1.56. The SMILES string of the molecule is CC(C#N)CN(C)CCCN1CCCC1. The van der Waals surface area contributed by atoms with Gasteiger partial charge in [0, 0.05) is 6.54 Å². The lowest BCUT2D eigenvalue weighted by Crippen LogP contribution is -2.28. The minimum Gasteiger partial charge on any atom is -0.305 e. The Morgan fingerprint density at radius 3 is 2.67 bits per heavy atom.